The van der Waals surface area contributed by atoms with Gasteiger partial charge in [0.25, 0.3) is 0 Å². The van der Waals surface area contributed by atoms with E-state index < -0.39 is 9.84 Å². The van der Waals surface area contributed by atoms with Crippen LogP contribution in [0.1, 0.15) is 13.3 Å². The standard InChI is InChI=1S/C15H17BrO3S/c1-2-10-20(17,18)11-9-19-14-8-7-12-5-3-4-6-13(12)15(14)16/h3-8H,2,9-11H2,1H3. The second kappa shape index (κ2) is 6.59. The van der Waals surface area contributed by atoms with Crippen LogP contribution < -0.4 is 4.74 Å². The minimum atomic E-state index is -3.00. The van der Waals surface area contributed by atoms with E-state index in [-0.39, 0.29) is 18.1 Å². The molecule has 2 aromatic rings. The molecular weight excluding hydrogens is 340 g/mol. The third-order valence-electron chi connectivity index (χ3n) is 2.99. The van der Waals surface area contributed by atoms with E-state index in [2.05, 4.69) is 15.9 Å². The second-order valence-corrected chi connectivity index (χ2v) is 7.70. The van der Waals surface area contributed by atoms with Crippen molar-refractivity contribution in [3.8, 4) is 5.75 Å². The van der Waals surface area contributed by atoms with E-state index in [1.807, 2.05) is 43.3 Å². The SMILES string of the molecule is CCCS(=O)(=O)CCOc1ccc2ccccc2c1Br. The number of benzene rings is 2. The zero-order valence-electron chi connectivity index (χ0n) is 11.3. The van der Waals surface area contributed by atoms with Crippen LogP contribution in [0.25, 0.3) is 10.8 Å². The first-order valence-corrected chi connectivity index (χ1v) is 9.15. The fraction of sp³-hybridized carbons (Fsp3) is 0.333. The topological polar surface area (TPSA) is 43.4 Å². The summed E-state index contributed by atoms with van der Waals surface area (Å²) in [7, 11) is -3.00. The molecule has 0 saturated carbocycles. The molecule has 0 heterocycles. The average Bonchev–Trinajstić information content (AvgIpc) is 2.41. The number of hydrogen-bond donors (Lipinski definition) is 0. The summed E-state index contributed by atoms with van der Waals surface area (Å²) in [4.78, 5) is 0. The zero-order chi connectivity index (χ0) is 14.6. The minimum absolute atomic E-state index is 0.0557. The highest BCUT2D eigenvalue weighted by Gasteiger charge is 2.11. The summed E-state index contributed by atoms with van der Waals surface area (Å²) >= 11 is 3.52. The van der Waals surface area contributed by atoms with E-state index in [0.29, 0.717) is 12.2 Å². The molecule has 0 aromatic heterocycles. The molecule has 0 N–H and O–H groups in total. The Morgan fingerprint density at radius 2 is 1.85 bits per heavy atom. The number of sulfone groups is 1. The Labute approximate surface area is 128 Å². The maximum atomic E-state index is 11.6. The number of hydrogen-bond acceptors (Lipinski definition) is 3. The van der Waals surface area contributed by atoms with E-state index in [9.17, 15) is 8.42 Å². The molecule has 5 heteroatoms. The summed E-state index contributed by atoms with van der Waals surface area (Å²) in [6, 6.07) is 11.8. The Bertz CT molecular complexity index is 695. The Morgan fingerprint density at radius 3 is 2.60 bits per heavy atom. The van der Waals surface area contributed by atoms with Gasteiger partial charge in [0.05, 0.1) is 16.0 Å². The van der Waals surface area contributed by atoms with Gasteiger partial charge in [-0.2, -0.15) is 0 Å². The molecule has 0 fully saturated rings. The summed E-state index contributed by atoms with van der Waals surface area (Å²) in [5, 5.41) is 2.17. The van der Waals surface area contributed by atoms with Crippen LogP contribution in [0.5, 0.6) is 5.75 Å². The first-order valence-electron chi connectivity index (χ1n) is 6.54. The van der Waals surface area contributed by atoms with Crippen molar-refractivity contribution in [3.05, 3.63) is 40.9 Å². The maximum Gasteiger partial charge on any atom is 0.153 e. The predicted octanol–water partition coefficient (Wildman–Crippen LogP) is 3.81. The van der Waals surface area contributed by atoms with Crippen LogP contribution in [0.15, 0.2) is 40.9 Å². The van der Waals surface area contributed by atoms with Gasteiger partial charge in [-0.25, -0.2) is 8.42 Å². The maximum absolute atomic E-state index is 11.6. The molecule has 0 aliphatic heterocycles. The van der Waals surface area contributed by atoms with Crippen LogP contribution in [-0.4, -0.2) is 26.5 Å². The largest absolute Gasteiger partial charge is 0.491 e. The lowest BCUT2D eigenvalue weighted by Crippen LogP contribution is -2.16. The van der Waals surface area contributed by atoms with Gasteiger partial charge in [-0.1, -0.05) is 37.3 Å². The van der Waals surface area contributed by atoms with Gasteiger partial charge in [0, 0.05) is 0 Å². The lowest BCUT2D eigenvalue weighted by molar-refractivity contribution is 0.339. The summed E-state index contributed by atoms with van der Waals surface area (Å²) in [6.07, 6.45) is 0.641. The van der Waals surface area contributed by atoms with Gasteiger partial charge in [0.15, 0.2) is 9.84 Å². The monoisotopic (exact) mass is 356 g/mol. The molecule has 0 radical (unpaired) electrons. The number of rotatable bonds is 6. The van der Waals surface area contributed by atoms with Crippen molar-refractivity contribution in [2.75, 3.05) is 18.1 Å². The Kier molecular flexibility index (Phi) is 5.05. The Hall–Kier alpha value is -1.07. The third kappa shape index (κ3) is 3.73. The molecule has 2 rings (SSSR count). The molecule has 0 unspecified atom stereocenters. The molecule has 0 spiro atoms. The highest BCUT2D eigenvalue weighted by atomic mass is 79.9. The average molecular weight is 357 g/mol. The number of fused-ring (bicyclic) bond motifs is 1. The van der Waals surface area contributed by atoms with Crippen LogP contribution in [0, 0.1) is 0 Å². The molecule has 0 saturated heterocycles. The van der Waals surface area contributed by atoms with Gasteiger partial charge < -0.3 is 4.74 Å². The minimum Gasteiger partial charge on any atom is -0.491 e. The van der Waals surface area contributed by atoms with Crippen LogP contribution in [0.3, 0.4) is 0 Å². The van der Waals surface area contributed by atoms with Crippen molar-refractivity contribution in [1.82, 2.24) is 0 Å². The first-order chi connectivity index (χ1) is 9.53. The van der Waals surface area contributed by atoms with Gasteiger partial charge >= 0.3 is 0 Å². The summed E-state index contributed by atoms with van der Waals surface area (Å²) in [6.45, 7) is 2.04. The van der Waals surface area contributed by atoms with Gasteiger partial charge in [-0.05, 0) is 39.2 Å². The van der Waals surface area contributed by atoms with Crippen molar-refractivity contribution in [3.63, 3.8) is 0 Å². The summed E-state index contributed by atoms with van der Waals surface area (Å²) in [5.74, 6) is 0.949. The summed E-state index contributed by atoms with van der Waals surface area (Å²) in [5.41, 5.74) is 0. The van der Waals surface area contributed by atoms with E-state index in [1.54, 1.807) is 0 Å². The molecule has 108 valence electrons. The van der Waals surface area contributed by atoms with Gasteiger partial charge in [-0.3, -0.25) is 0 Å². The van der Waals surface area contributed by atoms with E-state index in [1.165, 1.54) is 0 Å². The predicted molar refractivity (Wildman–Crippen MR) is 86.1 cm³/mol. The van der Waals surface area contributed by atoms with Gasteiger partial charge in [-0.15, -0.1) is 0 Å². The van der Waals surface area contributed by atoms with Crippen molar-refractivity contribution in [2.45, 2.75) is 13.3 Å². The smallest absolute Gasteiger partial charge is 0.153 e. The van der Waals surface area contributed by atoms with E-state index >= 15 is 0 Å². The van der Waals surface area contributed by atoms with Crippen LogP contribution in [0.4, 0.5) is 0 Å². The fourth-order valence-corrected chi connectivity index (χ4v) is 3.79. The lowest BCUT2D eigenvalue weighted by atomic mass is 10.1. The first kappa shape index (κ1) is 15.3. The number of ether oxygens (including phenoxy) is 1. The normalized spacial score (nSPS) is 11.7. The highest BCUT2D eigenvalue weighted by Crippen LogP contribution is 2.32. The summed E-state index contributed by atoms with van der Waals surface area (Å²) < 4.78 is 29.7. The lowest BCUT2D eigenvalue weighted by Gasteiger charge is -2.10. The van der Waals surface area contributed by atoms with Crippen molar-refractivity contribution >= 4 is 36.5 Å². The Morgan fingerprint density at radius 1 is 1.10 bits per heavy atom. The molecular formula is C15H17BrO3S. The number of halogens is 1. The van der Waals surface area contributed by atoms with Crippen molar-refractivity contribution in [1.29, 1.82) is 0 Å². The second-order valence-electron chi connectivity index (χ2n) is 4.60. The fourth-order valence-electron chi connectivity index (χ4n) is 2.02. The molecule has 20 heavy (non-hydrogen) atoms. The molecule has 0 aliphatic carbocycles. The molecule has 3 nitrogen and oxygen atoms in total. The molecule has 0 aliphatic rings. The third-order valence-corrected chi connectivity index (χ3v) is 5.63. The van der Waals surface area contributed by atoms with Crippen LogP contribution >= 0.6 is 15.9 Å². The van der Waals surface area contributed by atoms with Crippen molar-refractivity contribution < 1.29 is 13.2 Å². The molecule has 0 amide bonds. The molecule has 0 atom stereocenters. The van der Waals surface area contributed by atoms with E-state index in [0.717, 1.165) is 15.2 Å². The van der Waals surface area contributed by atoms with Gasteiger partial charge in [0.2, 0.25) is 0 Å². The van der Waals surface area contributed by atoms with E-state index in [4.69, 9.17) is 4.74 Å². The van der Waals surface area contributed by atoms with Gasteiger partial charge in [0.1, 0.15) is 12.4 Å². The van der Waals surface area contributed by atoms with Crippen LogP contribution in [-0.2, 0) is 9.84 Å². The quantitative estimate of drug-likeness (QED) is 0.790. The highest BCUT2D eigenvalue weighted by molar-refractivity contribution is 9.10. The molecule has 0 bridgehead atoms. The zero-order valence-corrected chi connectivity index (χ0v) is 13.7. The van der Waals surface area contributed by atoms with Crippen molar-refractivity contribution in [2.24, 2.45) is 0 Å². The Balaban J connectivity index is 2.09. The molecule has 2 aromatic carbocycles. The van der Waals surface area contributed by atoms with Crippen LogP contribution in [0.2, 0.25) is 0 Å².